The van der Waals surface area contributed by atoms with E-state index in [4.69, 9.17) is 4.74 Å². The van der Waals surface area contributed by atoms with E-state index in [1.165, 1.54) is 25.7 Å². The Morgan fingerprint density at radius 2 is 2.13 bits per heavy atom. The van der Waals surface area contributed by atoms with Crippen molar-refractivity contribution in [3.8, 4) is 0 Å². The minimum absolute atomic E-state index is 0.180. The van der Waals surface area contributed by atoms with Crippen LogP contribution in [-0.4, -0.2) is 37.2 Å². The number of rotatable bonds is 8. The summed E-state index contributed by atoms with van der Waals surface area (Å²) in [5.41, 5.74) is -0.534. The van der Waals surface area contributed by atoms with Crippen LogP contribution in [0.3, 0.4) is 0 Å². The highest BCUT2D eigenvalue weighted by Gasteiger charge is 2.31. The first-order chi connectivity index (χ1) is 7.10. The molecule has 0 saturated heterocycles. The van der Waals surface area contributed by atoms with Gasteiger partial charge in [0, 0.05) is 0 Å². The van der Waals surface area contributed by atoms with Crippen LogP contribution in [0.1, 0.15) is 33.1 Å². The van der Waals surface area contributed by atoms with Crippen molar-refractivity contribution in [3.63, 3.8) is 0 Å². The maximum Gasteiger partial charge on any atom is 0.325 e. The van der Waals surface area contributed by atoms with Crippen LogP contribution in [0.15, 0.2) is 0 Å². The van der Waals surface area contributed by atoms with Crippen LogP contribution in [0, 0.1) is 0 Å². The van der Waals surface area contributed by atoms with E-state index in [-0.39, 0.29) is 5.97 Å². The Morgan fingerprint density at radius 1 is 1.47 bits per heavy atom. The molecule has 0 amide bonds. The fourth-order valence-corrected chi connectivity index (χ4v) is 2.43. The van der Waals surface area contributed by atoms with E-state index in [0.29, 0.717) is 0 Å². The van der Waals surface area contributed by atoms with E-state index < -0.39 is 5.54 Å². The van der Waals surface area contributed by atoms with E-state index in [0.717, 1.165) is 12.2 Å². The number of methoxy groups -OCH3 is 1. The third kappa shape index (κ3) is 5.42. The molecule has 0 aromatic rings. The van der Waals surface area contributed by atoms with Gasteiger partial charge in [-0.3, -0.25) is 4.79 Å². The van der Waals surface area contributed by atoms with E-state index >= 15 is 0 Å². The maximum absolute atomic E-state index is 11.5. The molecule has 0 aromatic carbocycles. The smallest absolute Gasteiger partial charge is 0.325 e. The summed E-state index contributed by atoms with van der Waals surface area (Å²) in [6.07, 6.45) is 3.29. The molecule has 0 heterocycles. The molecule has 1 N–H and O–H groups in total. The second-order valence-electron chi connectivity index (χ2n) is 3.79. The molecule has 0 radical (unpaired) electrons. The average Bonchev–Trinajstić information content (AvgIpc) is 2.27. The predicted octanol–water partition coefficient (Wildman–Crippen LogP) is 2.06. The standard InChI is InChI=1S/C11H23NO2S/c1-5-6-8-15-9-7-11(2,12-3)10(13)14-4/h12H,5-9H2,1-4H3. The average molecular weight is 233 g/mol. The Hall–Kier alpha value is -0.220. The molecule has 1 atom stereocenters. The van der Waals surface area contributed by atoms with Gasteiger partial charge >= 0.3 is 5.97 Å². The van der Waals surface area contributed by atoms with Crippen LogP contribution >= 0.6 is 11.8 Å². The Balaban J connectivity index is 3.83. The minimum atomic E-state index is -0.534. The molecule has 0 rings (SSSR count). The zero-order valence-electron chi connectivity index (χ0n) is 10.3. The Labute approximate surface area is 97.3 Å². The molecule has 0 aliphatic heterocycles. The quantitative estimate of drug-likeness (QED) is 0.514. The molecular weight excluding hydrogens is 210 g/mol. The van der Waals surface area contributed by atoms with Crippen molar-refractivity contribution in [2.24, 2.45) is 0 Å². The number of likely N-dealkylation sites (N-methyl/N-ethyl adjacent to an activating group) is 1. The minimum Gasteiger partial charge on any atom is -0.468 e. The van der Waals surface area contributed by atoms with Crippen LogP contribution in [0.25, 0.3) is 0 Å². The van der Waals surface area contributed by atoms with Crippen LogP contribution in [0.5, 0.6) is 0 Å². The molecule has 0 saturated carbocycles. The molecule has 0 aromatic heterocycles. The number of hydrogen-bond donors (Lipinski definition) is 1. The summed E-state index contributed by atoms with van der Waals surface area (Å²) in [6.45, 7) is 4.08. The fourth-order valence-electron chi connectivity index (χ4n) is 1.18. The molecular formula is C11H23NO2S. The Kier molecular flexibility index (Phi) is 7.88. The second-order valence-corrected chi connectivity index (χ2v) is 5.01. The number of thioether (sulfide) groups is 1. The van der Waals surface area contributed by atoms with Gasteiger partial charge in [-0.25, -0.2) is 0 Å². The van der Waals surface area contributed by atoms with Crippen molar-refractivity contribution in [1.82, 2.24) is 5.32 Å². The molecule has 3 nitrogen and oxygen atoms in total. The highest BCUT2D eigenvalue weighted by Crippen LogP contribution is 2.16. The predicted molar refractivity (Wildman–Crippen MR) is 66.3 cm³/mol. The monoisotopic (exact) mass is 233 g/mol. The van der Waals surface area contributed by atoms with Gasteiger partial charge in [0.2, 0.25) is 0 Å². The number of unbranched alkanes of at least 4 members (excludes halogenated alkanes) is 1. The van der Waals surface area contributed by atoms with E-state index in [1.54, 1.807) is 7.05 Å². The van der Waals surface area contributed by atoms with Gasteiger partial charge in [0.05, 0.1) is 7.11 Å². The lowest BCUT2D eigenvalue weighted by Gasteiger charge is -2.25. The fraction of sp³-hybridized carbons (Fsp3) is 0.909. The topological polar surface area (TPSA) is 38.3 Å². The lowest BCUT2D eigenvalue weighted by molar-refractivity contribution is -0.147. The SMILES string of the molecule is CCCCSCCC(C)(NC)C(=O)OC. The lowest BCUT2D eigenvalue weighted by atomic mass is 10.00. The summed E-state index contributed by atoms with van der Waals surface area (Å²) in [5.74, 6) is 1.99. The molecule has 1 unspecified atom stereocenters. The Morgan fingerprint density at radius 3 is 2.60 bits per heavy atom. The number of nitrogens with one attached hydrogen (secondary N) is 1. The first-order valence-corrected chi connectivity index (χ1v) is 6.61. The molecule has 90 valence electrons. The summed E-state index contributed by atoms with van der Waals surface area (Å²) in [7, 11) is 3.23. The summed E-state index contributed by atoms with van der Waals surface area (Å²) in [6, 6.07) is 0. The first-order valence-electron chi connectivity index (χ1n) is 5.45. The third-order valence-electron chi connectivity index (χ3n) is 2.58. The van der Waals surface area contributed by atoms with Gasteiger partial charge in [0.15, 0.2) is 0 Å². The van der Waals surface area contributed by atoms with Crippen LogP contribution in [0.4, 0.5) is 0 Å². The summed E-state index contributed by atoms with van der Waals surface area (Å²) in [4.78, 5) is 11.5. The third-order valence-corrected chi connectivity index (χ3v) is 3.65. The van der Waals surface area contributed by atoms with Crippen molar-refractivity contribution in [2.45, 2.75) is 38.6 Å². The number of esters is 1. The van der Waals surface area contributed by atoms with Crippen molar-refractivity contribution < 1.29 is 9.53 Å². The highest BCUT2D eigenvalue weighted by atomic mass is 32.2. The molecule has 0 bridgehead atoms. The van der Waals surface area contributed by atoms with Crippen LogP contribution < -0.4 is 5.32 Å². The Bertz CT molecular complexity index is 187. The summed E-state index contributed by atoms with van der Waals surface area (Å²) < 4.78 is 4.77. The summed E-state index contributed by atoms with van der Waals surface area (Å²) in [5, 5.41) is 3.03. The first kappa shape index (κ1) is 14.8. The lowest BCUT2D eigenvalue weighted by Crippen LogP contribution is -2.48. The molecule has 15 heavy (non-hydrogen) atoms. The van der Waals surface area contributed by atoms with E-state index in [1.807, 2.05) is 18.7 Å². The largest absolute Gasteiger partial charge is 0.468 e. The molecule has 0 aliphatic rings. The molecule has 4 heteroatoms. The van der Waals surface area contributed by atoms with Crippen LogP contribution in [-0.2, 0) is 9.53 Å². The van der Waals surface area contributed by atoms with Gasteiger partial charge in [-0.15, -0.1) is 0 Å². The van der Waals surface area contributed by atoms with Gasteiger partial charge in [-0.2, -0.15) is 11.8 Å². The van der Waals surface area contributed by atoms with Gasteiger partial charge in [-0.05, 0) is 38.3 Å². The molecule has 0 spiro atoms. The zero-order chi connectivity index (χ0) is 11.7. The van der Waals surface area contributed by atoms with Crippen molar-refractivity contribution >= 4 is 17.7 Å². The van der Waals surface area contributed by atoms with Gasteiger partial charge in [0.1, 0.15) is 5.54 Å². The number of carbonyl (C=O) groups is 1. The van der Waals surface area contributed by atoms with E-state index in [2.05, 4.69) is 12.2 Å². The summed E-state index contributed by atoms with van der Waals surface area (Å²) >= 11 is 1.90. The van der Waals surface area contributed by atoms with Gasteiger partial charge in [0.25, 0.3) is 0 Å². The maximum atomic E-state index is 11.5. The zero-order valence-corrected chi connectivity index (χ0v) is 11.1. The second kappa shape index (κ2) is 7.99. The number of ether oxygens (including phenoxy) is 1. The molecule has 0 aliphatic carbocycles. The highest BCUT2D eigenvalue weighted by molar-refractivity contribution is 7.99. The molecule has 0 fully saturated rings. The van der Waals surface area contributed by atoms with Crippen molar-refractivity contribution in [2.75, 3.05) is 25.7 Å². The van der Waals surface area contributed by atoms with Crippen molar-refractivity contribution in [3.05, 3.63) is 0 Å². The van der Waals surface area contributed by atoms with Gasteiger partial charge < -0.3 is 10.1 Å². The van der Waals surface area contributed by atoms with Gasteiger partial charge in [-0.1, -0.05) is 13.3 Å². The van der Waals surface area contributed by atoms with Crippen LogP contribution in [0.2, 0.25) is 0 Å². The van der Waals surface area contributed by atoms with E-state index in [9.17, 15) is 4.79 Å². The number of carbonyl (C=O) groups excluding carboxylic acids is 1. The normalized spacial score (nSPS) is 14.7. The number of hydrogen-bond acceptors (Lipinski definition) is 4. The van der Waals surface area contributed by atoms with Crippen molar-refractivity contribution in [1.29, 1.82) is 0 Å².